The van der Waals surface area contributed by atoms with E-state index in [4.69, 9.17) is 14.6 Å². The molecule has 0 spiro atoms. The summed E-state index contributed by atoms with van der Waals surface area (Å²) in [6, 6.07) is 7.38. The molecule has 0 saturated heterocycles. The molecule has 47 heavy (non-hydrogen) atoms. The molecule has 0 bridgehead atoms. The van der Waals surface area contributed by atoms with Crippen molar-refractivity contribution in [2.75, 3.05) is 19.8 Å². The first-order valence-electron chi connectivity index (χ1n) is 19.2. The second-order valence-corrected chi connectivity index (χ2v) is 15.4. The number of aliphatic hydroxyl groups is 1. The number of fused-ring (bicyclic) bond motifs is 1. The monoisotopic (exact) mass is 648 g/mol. The van der Waals surface area contributed by atoms with Crippen LogP contribution in [0.25, 0.3) is 0 Å². The maximum Gasteiger partial charge on any atom is 0.335 e. The highest BCUT2D eigenvalue weighted by molar-refractivity contribution is 5.88. The minimum atomic E-state index is -0.532. The van der Waals surface area contributed by atoms with Gasteiger partial charge in [-0.15, -0.1) is 0 Å². The predicted molar refractivity (Wildman–Crippen MR) is 191 cm³/mol. The number of rotatable bonds is 18. The van der Waals surface area contributed by atoms with Gasteiger partial charge in [0.15, 0.2) is 0 Å². The van der Waals surface area contributed by atoms with Crippen molar-refractivity contribution < 1.29 is 24.2 Å². The number of ether oxygens (including phenoxy) is 2. The van der Waals surface area contributed by atoms with Crippen LogP contribution in [0, 0.1) is 35.5 Å². The summed E-state index contributed by atoms with van der Waals surface area (Å²) in [5.74, 6) is 3.51. The number of benzene rings is 1. The van der Waals surface area contributed by atoms with Crippen LogP contribution in [0.2, 0.25) is 0 Å². The fourth-order valence-corrected chi connectivity index (χ4v) is 8.88. The van der Waals surface area contributed by atoms with E-state index in [1.165, 1.54) is 109 Å². The first-order valence-corrected chi connectivity index (χ1v) is 19.2. The molecule has 3 aliphatic carbocycles. The molecule has 0 radical (unpaired) electrons. The number of esters is 2. The van der Waals surface area contributed by atoms with Gasteiger partial charge in [0.2, 0.25) is 0 Å². The molecule has 2 atom stereocenters. The SMILES string of the molecule is C=C(C)C(=O)OCCC(CCOC(=O)C(=C)CO)C1CCC(C2CCC(CCC3CCc4cc(CCCCC)ccc4C3)CC2)CC1. The molecule has 3 aliphatic rings. The molecule has 0 heterocycles. The average molecular weight is 649 g/mol. The number of carbonyl (C=O) groups excluding carboxylic acids is 2. The van der Waals surface area contributed by atoms with Crippen molar-refractivity contribution in [2.24, 2.45) is 35.5 Å². The number of carbonyl (C=O) groups is 2. The smallest absolute Gasteiger partial charge is 0.335 e. The Bertz CT molecular complexity index is 1150. The summed E-state index contributed by atoms with van der Waals surface area (Å²) in [6.07, 6.45) is 24.1. The van der Waals surface area contributed by atoms with E-state index in [1.807, 2.05) is 0 Å². The van der Waals surface area contributed by atoms with E-state index in [2.05, 4.69) is 38.3 Å². The van der Waals surface area contributed by atoms with Gasteiger partial charge in [0.1, 0.15) is 0 Å². The summed E-state index contributed by atoms with van der Waals surface area (Å²) in [5, 5.41) is 9.16. The number of aliphatic hydroxyl groups excluding tert-OH is 1. The predicted octanol–water partition coefficient (Wildman–Crippen LogP) is 9.52. The Morgan fingerprint density at radius 1 is 0.830 bits per heavy atom. The van der Waals surface area contributed by atoms with Gasteiger partial charge in [-0.3, -0.25) is 0 Å². The highest BCUT2D eigenvalue weighted by Gasteiger charge is 2.34. The Labute approximate surface area is 286 Å². The zero-order valence-electron chi connectivity index (χ0n) is 29.7. The number of unbranched alkanes of at least 4 members (excludes halogenated alkanes) is 2. The standard InChI is InChI=1S/C42H64O5/c1-5-6-7-8-33-13-17-40-28-34(14-18-39(40)27-33)10-9-32-11-15-35(16-12-32)36-19-21-37(22-20-36)38(23-25-46-41(44)30(2)3)24-26-47-42(45)31(4)29-43/h13,17,27,32,34-38,43H,2,4-12,14-16,18-26,28-29H2,1,3H3. The third-order valence-electron chi connectivity index (χ3n) is 12.0. The fourth-order valence-electron chi connectivity index (χ4n) is 8.88. The van der Waals surface area contributed by atoms with Crippen molar-refractivity contribution in [3.8, 4) is 0 Å². The van der Waals surface area contributed by atoms with Gasteiger partial charge in [0, 0.05) is 5.57 Å². The Kier molecular flexibility index (Phi) is 15.6. The van der Waals surface area contributed by atoms with Gasteiger partial charge in [-0.2, -0.15) is 0 Å². The van der Waals surface area contributed by atoms with Crippen molar-refractivity contribution in [2.45, 2.75) is 136 Å². The van der Waals surface area contributed by atoms with Crippen LogP contribution in [0.15, 0.2) is 42.5 Å². The van der Waals surface area contributed by atoms with E-state index in [0.717, 1.165) is 36.5 Å². The van der Waals surface area contributed by atoms with Crippen LogP contribution in [-0.2, 0) is 38.3 Å². The van der Waals surface area contributed by atoms with Gasteiger partial charge < -0.3 is 14.6 Å². The van der Waals surface area contributed by atoms with Crippen molar-refractivity contribution >= 4 is 11.9 Å². The minimum absolute atomic E-state index is 0.0818. The topological polar surface area (TPSA) is 72.8 Å². The number of aryl methyl sites for hydroxylation is 2. The molecule has 5 nitrogen and oxygen atoms in total. The molecule has 1 N–H and O–H groups in total. The van der Waals surface area contributed by atoms with E-state index in [0.29, 0.717) is 30.6 Å². The van der Waals surface area contributed by atoms with Crippen molar-refractivity contribution in [3.05, 3.63) is 59.2 Å². The Morgan fingerprint density at radius 2 is 1.47 bits per heavy atom. The molecular weight excluding hydrogens is 584 g/mol. The summed E-state index contributed by atoms with van der Waals surface area (Å²) in [5.41, 5.74) is 5.31. The summed E-state index contributed by atoms with van der Waals surface area (Å²) in [7, 11) is 0. The Balaban J connectivity index is 1.16. The Morgan fingerprint density at radius 3 is 2.11 bits per heavy atom. The van der Waals surface area contributed by atoms with Gasteiger partial charge >= 0.3 is 11.9 Å². The maximum atomic E-state index is 12.0. The van der Waals surface area contributed by atoms with Crippen LogP contribution in [0.1, 0.15) is 133 Å². The average Bonchev–Trinajstić information content (AvgIpc) is 3.09. The first-order chi connectivity index (χ1) is 22.8. The largest absolute Gasteiger partial charge is 0.462 e. The van der Waals surface area contributed by atoms with E-state index < -0.39 is 5.97 Å². The lowest BCUT2D eigenvalue weighted by Gasteiger charge is -2.40. The summed E-state index contributed by atoms with van der Waals surface area (Å²) >= 11 is 0. The third-order valence-corrected chi connectivity index (χ3v) is 12.0. The molecule has 2 unspecified atom stereocenters. The molecule has 0 aromatic heterocycles. The molecule has 1 aromatic rings. The minimum Gasteiger partial charge on any atom is -0.462 e. The van der Waals surface area contributed by atoms with Gasteiger partial charge in [0.25, 0.3) is 0 Å². The lowest BCUT2D eigenvalue weighted by Crippen LogP contribution is -2.29. The number of hydrogen-bond acceptors (Lipinski definition) is 5. The van der Waals surface area contributed by atoms with Crippen LogP contribution in [0.3, 0.4) is 0 Å². The summed E-state index contributed by atoms with van der Waals surface area (Å²) < 4.78 is 10.8. The first kappa shape index (κ1) is 37.4. The lowest BCUT2D eigenvalue weighted by atomic mass is 9.66. The van der Waals surface area contributed by atoms with E-state index in [9.17, 15) is 9.59 Å². The molecule has 1 aromatic carbocycles. The quantitative estimate of drug-likeness (QED) is 0.0975. The van der Waals surface area contributed by atoms with Crippen molar-refractivity contribution in [1.29, 1.82) is 0 Å². The third kappa shape index (κ3) is 11.9. The molecule has 2 fully saturated rings. The van der Waals surface area contributed by atoms with Gasteiger partial charge in [-0.1, -0.05) is 70.4 Å². The van der Waals surface area contributed by atoms with E-state index >= 15 is 0 Å². The van der Waals surface area contributed by atoms with Crippen LogP contribution >= 0.6 is 0 Å². The zero-order valence-corrected chi connectivity index (χ0v) is 29.7. The maximum absolute atomic E-state index is 12.0. The molecule has 2 saturated carbocycles. The summed E-state index contributed by atoms with van der Waals surface area (Å²) in [4.78, 5) is 23.9. The second-order valence-electron chi connectivity index (χ2n) is 15.4. The molecule has 4 rings (SSSR count). The van der Waals surface area contributed by atoms with Crippen LogP contribution in [0.5, 0.6) is 0 Å². The van der Waals surface area contributed by atoms with Crippen LogP contribution in [0.4, 0.5) is 0 Å². The molecule has 5 heteroatoms. The second kappa shape index (κ2) is 19.6. The van der Waals surface area contributed by atoms with Crippen molar-refractivity contribution in [1.82, 2.24) is 0 Å². The van der Waals surface area contributed by atoms with E-state index in [-0.39, 0.29) is 18.1 Å². The molecule has 262 valence electrons. The van der Waals surface area contributed by atoms with Crippen LogP contribution < -0.4 is 0 Å². The number of hydrogen-bond donors (Lipinski definition) is 1. The van der Waals surface area contributed by atoms with Gasteiger partial charge in [-0.25, -0.2) is 9.59 Å². The Hall–Kier alpha value is -2.40. The lowest BCUT2D eigenvalue weighted by molar-refractivity contribution is -0.140. The zero-order chi connectivity index (χ0) is 33.6. The summed E-state index contributed by atoms with van der Waals surface area (Å²) in [6.45, 7) is 11.5. The normalized spacial score (nSPS) is 25.0. The molecular formula is C42H64O5. The van der Waals surface area contributed by atoms with Crippen molar-refractivity contribution in [3.63, 3.8) is 0 Å². The van der Waals surface area contributed by atoms with Gasteiger partial charge in [-0.05, 0) is 149 Å². The van der Waals surface area contributed by atoms with E-state index in [1.54, 1.807) is 23.6 Å². The highest BCUT2D eigenvalue weighted by atomic mass is 16.5. The molecule has 0 amide bonds. The van der Waals surface area contributed by atoms with Crippen LogP contribution in [-0.4, -0.2) is 36.9 Å². The highest BCUT2D eigenvalue weighted by Crippen LogP contribution is 2.45. The fraction of sp³-hybridized carbons (Fsp3) is 0.714. The molecule has 0 aliphatic heterocycles. The van der Waals surface area contributed by atoms with Gasteiger partial charge in [0.05, 0.1) is 25.4 Å².